The lowest BCUT2D eigenvalue weighted by molar-refractivity contribution is 0.662. The van der Waals surface area contributed by atoms with Gasteiger partial charge in [-0.15, -0.1) is 0 Å². The van der Waals surface area contributed by atoms with Gasteiger partial charge in [0.05, 0.1) is 5.56 Å². The maximum absolute atomic E-state index is 7.56. The molecule has 0 amide bonds. The van der Waals surface area contributed by atoms with Gasteiger partial charge in [-0.3, -0.25) is 5.41 Å². The predicted octanol–water partition coefficient (Wildman–Crippen LogP) is 1.94. The van der Waals surface area contributed by atoms with Gasteiger partial charge >= 0.3 is 0 Å². The zero-order chi connectivity index (χ0) is 12.8. The SMILES string of the molecule is CSCCC(C)N(C)c1ncccc1C(=N)N. The first-order valence-corrected chi connectivity index (χ1v) is 6.98. The van der Waals surface area contributed by atoms with E-state index in [-0.39, 0.29) is 5.84 Å². The normalized spacial score (nSPS) is 12.2. The largest absolute Gasteiger partial charge is 0.384 e. The number of amidine groups is 1. The van der Waals surface area contributed by atoms with Crippen LogP contribution in [0.15, 0.2) is 18.3 Å². The molecule has 0 fully saturated rings. The number of anilines is 1. The number of nitrogens with one attached hydrogen (secondary N) is 1. The summed E-state index contributed by atoms with van der Waals surface area (Å²) >= 11 is 1.84. The Kier molecular flexibility index (Phi) is 5.28. The average molecular weight is 252 g/mol. The van der Waals surface area contributed by atoms with Crippen molar-refractivity contribution in [3.8, 4) is 0 Å². The van der Waals surface area contributed by atoms with Crippen molar-refractivity contribution < 1.29 is 0 Å². The van der Waals surface area contributed by atoms with E-state index in [0.29, 0.717) is 11.6 Å². The first-order chi connectivity index (χ1) is 8.07. The molecule has 94 valence electrons. The van der Waals surface area contributed by atoms with E-state index < -0.39 is 0 Å². The van der Waals surface area contributed by atoms with E-state index in [9.17, 15) is 0 Å². The third kappa shape index (κ3) is 3.63. The molecule has 1 rings (SSSR count). The van der Waals surface area contributed by atoms with Gasteiger partial charge in [-0.1, -0.05) is 0 Å². The molecule has 1 aromatic heterocycles. The summed E-state index contributed by atoms with van der Waals surface area (Å²) in [6.07, 6.45) is 4.93. The zero-order valence-electron chi connectivity index (χ0n) is 10.6. The van der Waals surface area contributed by atoms with Crippen molar-refractivity contribution >= 4 is 23.4 Å². The highest BCUT2D eigenvalue weighted by Crippen LogP contribution is 2.19. The van der Waals surface area contributed by atoms with Gasteiger partial charge in [-0.25, -0.2) is 4.98 Å². The molecule has 1 aromatic rings. The fourth-order valence-corrected chi connectivity index (χ4v) is 2.16. The van der Waals surface area contributed by atoms with E-state index in [1.807, 2.05) is 24.9 Å². The second kappa shape index (κ2) is 6.49. The summed E-state index contributed by atoms with van der Waals surface area (Å²) in [5.74, 6) is 1.97. The summed E-state index contributed by atoms with van der Waals surface area (Å²) in [5.41, 5.74) is 6.27. The summed E-state index contributed by atoms with van der Waals surface area (Å²) in [5, 5.41) is 7.56. The Morgan fingerprint density at radius 3 is 2.94 bits per heavy atom. The third-order valence-electron chi connectivity index (χ3n) is 2.81. The molecule has 0 aliphatic rings. The van der Waals surface area contributed by atoms with E-state index in [0.717, 1.165) is 18.0 Å². The Balaban J connectivity index is 2.87. The minimum atomic E-state index is 0.0667. The molecule has 1 heterocycles. The summed E-state index contributed by atoms with van der Waals surface area (Å²) in [6.45, 7) is 2.16. The van der Waals surface area contributed by atoms with Crippen molar-refractivity contribution in [2.45, 2.75) is 19.4 Å². The summed E-state index contributed by atoms with van der Waals surface area (Å²) in [7, 11) is 2.00. The van der Waals surface area contributed by atoms with Gasteiger partial charge in [0, 0.05) is 19.3 Å². The van der Waals surface area contributed by atoms with Crippen molar-refractivity contribution in [1.29, 1.82) is 5.41 Å². The second-order valence-corrected chi connectivity index (χ2v) is 5.02. The monoisotopic (exact) mass is 252 g/mol. The highest BCUT2D eigenvalue weighted by Gasteiger charge is 2.15. The molecular weight excluding hydrogens is 232 g/mol. The van der Waals surface area contributed by atoms with E-state index in [2.05, 4.69) is 23.1 Å². The maximum atomic E-state index is 7.56. The Bertz CT molecular complexity index is 381. The van der Waals surface area contributed by atoms with Crippen LogP contribution in [0, 0.1) is 5.41 Å². The van der Waals surface area contributed by atoms with Crippen molar-refractivity contribution in [1.82, 2.24) is 4.98 Å². The number of nitrogens with zero attached hydrogens (tertiary/aromatic N) is 2. The maximum Gasteiger partial charge on any atom is 0.139 e. The van der Waals surface area contributed by atoms with Crippen molar-refractivity contribution in [2.75, 3.05) is 24.0 Å². The van der Waals surface area contributed by atoms with Crippen LogP contribution in [-0.2, 0) is 0 Å². The Morgan fingerprint density at radius 1 is 1.65 bits per heavy atom. The van der Waals surface area contributed by atoms with Gasteiger partial charge < -0.3 is 10.6 Å². The molecule has 0 aliphatic heterocycles. The molecule has 3 N–H and O–H groups in total. The van der Waals surface area contributed by atoms with Crippen LogP contribution < -0.4 is 10.6 Å². The van der Waals surface area contributed by atoms with Crippen LogP contribution in [0.5, 0.6) is 0 Å². The molecule has 1 atom stereocenters. The standard InChI is InChI=1S/C12H20N4S/c1-9(6-8-17-3)16(2)12-10(11(13)14)5-4-7-15-12/h4-5,7,9H,6,8H2,1-3H3,(H3,13,14). The van der Waals surface area contributed by atoms with Crippen LogP contribution in [0.2, 0.25) is 0 Å². The predicted molar refractivity (Wildman–Crippen MR) is 76.1 cm³/mol. The molecule has 4 nitrogen and oxygen atoms in total. The van der Waals surface area contributed by atoms with Crippen LogP contribution >= 0.6 is 11.8 Å². The first-order valence-electron chi connectivity index (χ1n) is 5.59. The third-order valence-corrected chi connectivity index (χ3v) is 3.46. The van der Waals surface area contributed by atoms with Crippen LogP contribution in [0.1, 0.15) is 18.9 Å². The molecule has 5 heteroatoms. The molecule has 1 unspecified atom stereocenters. The number of nitrogens with two attached hydrogens (primary N) is 1. The average Bonchev–Trinajstić information content (AvgIpc) is 2.34. The minimum Gasteiger partial charge on any atom is -0.384 e. The minimum absolute atomic E-state index is 0.0667. The number of hydrogen-bond donors (Lipinski definition) is 2. The number of hydrogen-bond acceptors (Lipinski definition) is 4. The summed E-state index contributed by atoms with van der Waals surface area (Å²) in [4.78, 5) is 6.42. The van der Waals surface area contributed by atoms with Gasteiger partial charge in [0.1, 0.15) is 11.7 Å². The van der Waals surface area contributed by atoms with Gasteiger partial charge in [-0.05, 0) is 37.5 Å². The Morgan fingerprint density at radius 2 is 2.35 bits per heavy atom. The van der Waals surface area contributed by atoms with Gasteiger partial charge in [0.2, 0.25) is 0 Å². The highest BCUT2D eigenvalue weighted by molar-refractivity contribution is 7.98. The molecule has 0 radical (unpaired) electrons. The van der Waals surface area contributed by atoms with Gasteiger partial charge in [0.25, 0.3) is 0 Å². The molecule has 0 saturated carbocycles. The van der Waals surface area contributed by atoms with Gasteiger partial charge in [0.15, 0.2) is 0 Å². The Hall–Kier alpha value is -1.23. The Labute approximate surface area is 107 Å². The topological polar surface area (TPSA) is 66.0 Å². The number of nitrogen functional groups attached to an aromatic ring is 1. The lowest BCUT2D eigenvalue weighted by atomic mass is 10.2. The van der Waals surface area contributed by atoms with E-state index in [4.69, 9.17) is 11.1 Å². The highest BCUT2D eigenvalue weighted by atomic mass is 32.2. The van der Waals surface area contributed by atoms with Crippen LogP contribution in [0.25, 0.3) is 0 Å². The number of pyridine rings is 1. The van der Waals surface area contributed by atoms with Crippen LogP contribution in [0.4, 0.5) is 5.82 Å². The van der Waals surface area contributed by atoms with E-state index in [1.165, 1.54) is 0 Å². The van der Waals surface area contributed by atoms with Crippen LogP contribution in [-0.4, -0.2) is 35.9 Å². The molecule has 0 bridgehead atoms. The smallest absolute Gasteiger partial charge is 0.139 e. The van der Waals surface area contributed by atoms with E-state index >= 15 is 0 Å². The lowest BCUT2D eigenvalue weighted by Gasteiger charge is -2.27. The first kappa shape index (κ1) is 13.8. The lowest BCUT2D eigenvalue weighted by Crippen LogP contribution is -2.32. The van der Waals surface area contributed by atoms with Crippen molar-refractivity contribution in [3.63, 3.8) is 0 Å². The fourth-order valence-electron chi connectivity index (χ4n) is 1.58. The van der Waals surface area contributed by atoms with Crippen LogP contribution in [0.3, 0.4) is 0 Å². The van der Waals surface area contributed by atoms with Crippen molar-refractivity contribution in [3.05, 3.63) is 23.9 Å². The molecular formula is C12H20N4S. The molecule has 0 aromatic carbocycles. The van der Waals surface area contributed by atoms with E-state index in [1.54, 1.807) is 12.3 Å². The molecule has 0 aliphatic carbocycles. The molecule has 0 saturated heterocycles. The second-order valence-electron chi connectivity index (χ2n) is 4.03. The summed E-state index contributed by atoms with van der Waals surface area (Å²) < 4.78 is 0. The number of aromatic nitrogens is 1. The summed E-state index contributed by atoms with van der Waals surface area (Å²) in [6, 6.07) is 4.03. The fraction of sp³-hybridized carbons (Fsp3) is 0.500. The molecule has 17 heavy (non-hydrogen) atoms. The van der Waals surface area contributed by atoms with Gasteiger partial charge in [-0.2, -0.15) is 11.8 Å². The quantitative estimate of drug-likeness (QED) is 0.600. The number of thioether (sulfide) groups is 1. The number of rotatable bonds is 6. The zero-order valence-corrected chi connectivity index (χ0v) is 11.4. The molecule has 0 spiro atoms. The van der Waals surface area contributed by atoms with Crippen molar-refractivity contribution in [2.24, 2.45) is 5.73 Å².